The van der Waals surface area contributed by atoms with Crippen LogP contribution in [0.2, 0.25) is 0 Å². The summed E-state index contributed by atoms with van der Waals surface area (Å²) >= 11 is 1.05. The molecule has 2 aromatic rings. The Morgan fingerprint density at radius 1 is 0.739 bits per heavy atom. The molecule has 0 spiro atoms. The molecule has 2 aromatic carbocycles. The molecule has 114 valence electrons. The predicted octanol–water partition coefficient (Wildman–Crippen LogP) is 5.81. The molecule has 0 saturated heterocycles. The van der Waals surface area contributed by atoms with E-state index in [2.05, 4.69) is 85.0 Å². The van der Waals surface area contributed by atoms with Gasteiger partial charge in [0.1, 0.15) is 0 Å². The van der Waals surface area contributed by atoms with Crippen molar-refractivity contribution >= 4 is 11.1 Å². The second-order valence-electron chi connectivity index (χ2n) is 5.65. The third-order valence-corrected chi connectivity index (χ3v) is 5.79. The molecular formula is C22H18Fe. The van der Waals surface area contributed by atoms with Gasteiger partial charge in [0.2, 0.25) is 0 Å². The van der Waals surface area contributed by atoms with Crippen LogP contribution in [0.25, 0.3) is 11.1 Å². The molecule has 2 aliphatic rings. The van der Waals surface area contributed by atoms with Crippen LogP contribution in [0.1, 0.15) is 24.0 Å². The Morgan fingerprint density at radius 3 is 2.09 bits per heavy atom. The van der Waals surface area contributed by atoms with Crippen LogP contribution in [0.15, 0.2) is 93.9 Å². The van der Waals surface area contributed by atoms with Gasteiger partial charge in [0.25, 0.3) is 0 Å². The molecule has 0 aliphatic heterocycles. The molecule has 0 nitrogen and oxygen atoms in total. The van der Waals surface area contributed by atoms with Gasteiger partial charge in [0.15, 0.2) is 0 Å². The van der Waals surface area contributed by atoms with Crippen LogP contribution in [0.3, 0.4) is 0 Å². The molecule has 0 atom stereocenters. The molecule has 0 bridgehead atoms. The van der Waals surface area contributed by atoms with Crippen molar-refractivity contribution in [3.8, 4) is 0 Å². The Bertz CT molecular complexity index is 821. The average molecular weight is 338 g/mol. The van der Waals surface area contributed by atoms with Gasteiger partial charge in [-0.3, -0.25) is 0 Å². The summed E-state index contributed by atoms with van der Waals surface area (Å²) in [6.45, 7) is 0. The normalized spacial score (nSPS) is 16.9. The number of benzene rings is 2. The summed E-state index contributed by atoms with van der Waals surface area (Å²) in [4.78, 5) is 0. The number of hydrogen-bond donors (Lipinski definition) is 0. The number of rotatable bonds is 4. The summed E-state index contributed by atoms with van der Waals surface area (Å²) in [6, 6.07) is 21.6. The van der Waals surface area contributed by atoms with E-state index in [9.17, 15) is 0 Å². The van der Waals surface area contributed by atoms with Crippen molar-refractivity contribution < 1.29 is 15.0 Å². The standard InChI is InChI=1S/C17H13.C5H5.Fe/c1-3-7-14(8-4-1)16-11-12-17(13-16)15-9-5-2-6-10-15;1-2-4-5-3-1;/h1-11H,12H2;1-3H,4H2;. The van der Waals surface area contributed by atoms with Crippen LogP contribution < -0.4 is 0 Å². The number of allylic oxidation sites excluding steroid dienone is 8. The summed E-state index contributed by atoms with van der Waals surface area (Å²) in [7, 11) is 0. The molecule has 23 heavy (non-hydrogen) atoms. The van der Waals surface area contributed by atoms with Crippen molar-refractivity contribution in [1.29, 1.82) is 0 Å². The van der Waals surface area contributed by atoms with E-state index in [4.69, 9.17) is 0 Å². The maximum atomic E-state index is 2.40. The molecule has 0 amide bonds. The van der Waals surface area contributed by atoms with Gasteiger partial charge < -0.3 is 0 Å². The van der Waals surface area contributed by atoms with Gasteiger partial charge in [0.05, 0.1) is 0 Å². The van der Waals surface area contributed by atoms with Crippen LogP contribution in [-0.4, -0.2) is 0 Å². The molecule has 0 fully saturated rings. The second-order valence-corrected chi connectivity index (χ2v) is 7.19. The minimum atomic E-state index is 1.03. The third kappa shape index (κ3) is 3.03. The van der Waals surface area contributed by atoms with Crippen LogP contribution in [0.4, 0.5) is 0 Å². The molecule has 4 rings (SSSR count). The Kier molecular flexibility index (Phi) is 4.15. The molecule has 0 N–H and O–H groups in total. The van der Waals surface area contributed by atoms with E-state index < -0.39 is 0 Å². The van der Waals surface area contributed by atoms with Crippen molar-refractivity contribution in [2.45, 2.75) is 12.8 Å². The first-order valence-corrected chi connectivity index (χ1v) is 9.05. The molecule has 1 heteroatoms. The van der Waals surface area contributed by atoms with Crippen molar-refractivity contribution in [1.82, 2.24) is 0 Å². The summed E-state index contributed by atoms with van der Waals surface area (Å²) in [5.74, 6) is 0. The van der Waals surface area contributed by atoms with E-state index in [1.54, 1.807) is 0 Å². The van der Waals surface area contributed by atoms with Crippen molar-refractivity contribution in [2.75, 3.05) is 0 Å². The first-order valence-electron chi connectivity index (χ1n) is 7.94. The van der Waals surface area contributed by atoms with Crippen LogP contribution in [0.5, 0.6) is 0 Å². The van der Waals surface area contributed by atoms with Gasteiger partial charge in [-0.25, -0.2) is 0 Å². The third-order valence-electron chi connectivity index (χ3n) is 4.12. The van der Waals surface area contributed by atoms with Gasteiger partial charge in [-0.1, -0.05) is 0 Å². The SMILES string of the molecule is C1=CC[C]([Fe][C]2=C(c3ccccc3)CC=C2c2ccccc2)=C1. The van der Waals surface area contributed by atoms with Gasteiger partial charge in [0, 0.05) is 0 Å². The Balaban J connectivity index is 1.76. The summed E-state index contributed by atoms with van der Waals surface area (Å²) < 4.78 is 3.01. The minimum absolute atomic E-state index is 1.03. The quantitative estimate of drug-likeness (QED) is 0.617. The van der Waals surface area contributed by atoms with Gasteiger partial charge in [-0.15, -0.1) is 0 Å². The zero-order valence-electron chi connectivity index (χ0n) is 12.9. The van der Waals surface area contributed by atoms with Crippen LogP contribution in [0, 0.1) is 0 Å². The average Bonchev–Trinajstić information content (AvgIpc) is 3.27. The molecular weight excluding hydrogens is 320 g/mol. The molecule has 0 saturated carbocycles. The fraction of sp³-hybridized carbons (Fsp3) is 0.0909. The van der Waals surface area contributed by atoms with Crippen molar-refractivity contribution in [3.05, 3.63) is 105 Å². The van der Waals surface area contributed by atoms with Gasteiger partial charge >= 0.3 is 144 Å². The fourth-order valence-corrected chi connectivity index (χ4v) is 4.63. The fourth-order valence-electron chi connectivity index (χ4n) is 2.98. The first kappa shape index (κ1) is 14.5. The summed E-state index contributed by atoms with van der Waals surface area (Å²) in [5, 5.41) is 0. The molecule has 0 heterocycles. The molecule has 0 unspecified atom stereocenters. The van der Waals surface area contributed by atoms with Gasteiger partial charge in [-0.2, -0.15) is 0 Å². The first-order chi connectivity index (χ1) is 11.4. The Hall–Kier alpha value is -2.08. The van der Waals surface area contributed by atoms with Crippen LogP contribution in [-0.2, 0) is 15.0 Å². The van der Waals surface area contributed by atoms with E-state index in [0.29, 0.717) is 0 Å². The zero-order valence-corrected chi connectivity index (χ0v) is 14.0. The summed E-state index contributed by atoms with van der Waals surface area (Å²) in [5.41, 5.74) is 5.59. The second kappa shape index (κ2) is 6.58. The number of hydrogen-bond acceptors (Lipinski definition) is 0. The maximum absolute atomic E-state index is 2.40. The zero-order chi connectivity index (χ0) is 15.5. The Morgan fingerprint density at radius 2 is 1.43 bits per heavy atom. The Labute approximate surface area is 144 Å². The van der Waals surface area contributed by atoms with E-state index in [-0.39, 0.29) is 0 Å². The molecule has 0 aromatic heterocycles. The van der Waals surface area contributed by atoms with Crippen molar-refractivity contribution in [3.63, 3.8) is 0 Å². The molecule has 2 aliphatic carbocycles. The van der Waals surface area contributed by atoms with Crippen LogP contribution >= 0.6 is 0 Å². The van der Waals surface area contributed by atoms with Gasteiger partial charge in [-0.05, 0) is 0 Å². The summed E-state index contributed by atoms with van der Waals surface area (Å²) in [6.07, 6.45) is 11.2. The van der Waals surface area contributed by atoms with E-state index in [1.165, 1.54) is 31.2 Å². The topological polar surface area (TPSA) is 0 Å². The monoisotopic (exact) mass is 338 g/mol. The molecule has 0 radical (unpaired) electrons. The van der Waals surface area contributed by atoms with E-state index in [0.717, 1.165) is 27.8 Å². The van der Waals surface area contributed by atoms with Crippen molar-refractivity contribution in [2.24, 2.45) is 0 Å². The predicted molar refractivity (Wildman–Crippen MR) is 94.2 cm³/mol. The van der Waals surface area contributed by atoms with E-state index >= 15 is 0 Å². The van der Waals surface area contributed by atoms with E-state index in [1.807, 2.05) is 0 Å².